The summed E-state index contributed by atoms with van der Waals surface area (Å²) >= 11 is 8.08. The Hall–Kier alpha value is -2.17. The standard InChI is InChI=1S/C20H19Br2N5O2S/c1-12-4-3-5-13(8-12)19(29)23-10-17-25-26-20(27(17)2)30-11-18(28)24-16-9-14(21)6-7-15(16)22/h3-9H,10-11H2,1-2H3,(H,23,29)(H,24,28). The molecule has 0 fully saturated rings. The number of aromatic nitrogens is 3. The molecule has 2 amide bonds. The number of anilines is 1. The van der Waals surface area contributed by atoms with Gasteiger partial charge >= 0.3 is 0 Å². The van der Waals surface area contributed by atoms with Crippen LogP contribution in [0.25, 0.3) is 0 Å². The van der Waals surface area contributed by atoms with Crippen LogP contribution >= 0.6 is 43.6 Å². The van der Waals surface area contributed by atoms with Gasteiger partial charge < -0.3 is 15.2 Å². The van der Waals surface area contributed by atoms with Gasteiger partial charge in [0.05, 0.1) is 18.0 Å². The SMILES string of the molecule is Cc1cccc(C(=O)NCc2nnc(SCC(=O)Nc3cc(Br)ccc3Br)n2C)c1. The van der Waals surface area contributed by atoms with E-state index in [0.29, 0.717) is 22.2 Å². The van der Waals surface area contributed by atoms with Crippen molar-refractivity contribution < 1.29 is 9.59 Å². The third-order valence-corrected chi connectivity index (χ3v) is 6.35. The maximum absolute atomic E-state index is 12.3. The predicted molar refractivity (Wildman–Crippen MR) is 125 cm³/mol. The van der Waals surface area contributed by atoms with Crippen LogP contribution in [0.4, 0.5) is 5.69 Å². The highest BCUT2D eigenvalue weighted by Gasteiger charge is 2.14. The fraction of sp³-hybridized carbons (Fsp3) is 0.200. The van der Waals surface area contributed by atoms with E-state index in [4.69, 9.17) is 0 Å². The summed E-state index contributed by atoms with van der Waals surface area (Å²) in [5.41, 5.74) is 2.31. The lowest BCUT2D eigenvalue weighted by Gasteiger charge is -2.08. The number of nitrogens with zero attached hydrogens (tertiary/aromatic N) is 3. The van der Waals surface area contributed by atoms with E-state index in [1.165, 1.54) is 11.8 Å². The number of hydrogen-bond acceptors (Lipinski definition) is 5. The smallest absolute Gasteiger partial charge is 0.251 e. The van der Waals surface area contributed by atoms with Gasteiger partial charge in [-0.05, 0) is 53.2 Å². The first kappa shape index (κ1) is 22.5. The molecule has 2 N–H and O–H groups in total. The van der Waals surface area contributed by atoms with Crippen LogP contribution in [-0.4, -0.2) is 32.3 Å². The van der Waals surface area contributed by atoms with Crippen LogP contribution in [0.3, 0.4) is 0 Å². The number of benzene rings is 2. The van der Waals surface area contributed by atoms with Crippen LogP contribution in [-0.2, 0) is 18.4 Å². The van der Waals surface area contributed by atoms with E-state index < -0.39 is 0 Å². The Kier molecular flexibility index (Phi) is 7.68. The number of nitrogens with one attached hydrogen (secondary N) is 2. The van der Waals surface area contributed by atoms with E-state index >= 15 is 0 Å². The van der Waals surface area contributed by atoms with Crippen molar-refractivity contribution in [1.29, 1.82) is 0 Å². The third-order valence-electron chi connectivity index (χ3n) is 4.15. The van der Waals surface area contributed by atoms with Crippen molar-refractivity contribution in [2.75, 3.05) is 11.1 Å². The maximum atomic E-state index is 12.3. The van der Waals surface area contributed by atoms with Gasteiger partial charge in [-0.2, -0.15) is 0 Å². The molecule has 30 heavy (non-hydrogen) atoms. The molecule has 0 aliphatic rings. The van der Waals surface area contributed by atoms with Crippen molar-refractivity contribution in [3.8, 4) is 0 Å². The molecule has 2 aromatic carbocycles. The molecule has 0 atom stereocenters. The van der Waals surface area contributed by atoms with Crippen LogP contribution < -0.4 is 10.6 Å². The molecular weight excluding hydrogens is 534 g/mol. The molecule has 0 bridgehead atoms. The highest BCUT2D eigenvalue weighted by molar-refractivity contribution is 9.11. The lowest BCUT2D eigenvalue weighted by Crippen LogP contribution is -2.24. The van der Waals surface area contributed by atoms with Gasteiger partial charge in [0.15, 0.2) is 11.0 Å². The summed E-state index contributed by atoms with van der Waals surface area (Å²) in [6, 6.07) is 12.9. The largest absolute Gasteiger partial charge is 0.345 e. The lowest BCUT2D eigenvalue weighted by molar-refractivity contribution is -0.113. The number of hydrogen-bond donors (Lipinski definition) is 2. The first-order chi connectivity index (χ1) is 14.3. The van der Waals surface area contributed by atoms with Gasteiger partial charge in [0.2, 0.25) is 5.91 Å². The minimum absolute atomic E-state index is 0.156. The summed E-state index contributed by atoms with van der Waals surface area (Å²) in [5, 5.41) is 14.5. The summed E-state index contributed by atoms with van der Waals surface area (Å²) < 4.78 is 3.44. The molecule has 0 unspecified atom stereocenters. The van der Waals surface area contributed by atoms with Gasteiger partial charge in [-0.1, -0.05) is 45.4 Å². The highest BCUT2D eigenvalue weighted by Crippen LogP contribution is 2.26. The van der Waals surface area contributed by atoms with E-state index in [-0.39, 0.29) is 24.1 Å². The van der Waals surface area contributed by atoms with Crippen LogP contribution in [0.15, 0.2) is 56.6 Å². The Morgan fingerprint density at radius 3 is 2.70 bits per heavy atom. The number of aryl methyl sites for hydroxylation is 1. The zero-order valence-corrected chi connectivity index (χ0v) is 20.3. The predicted octanol–water partition coefficient (Wildman–Crippen LogP) is 4.31. The van der Waals surface area contributed by atoms with Gasteiger partial charge in [0, 0.05) is 21.6 Å². The zero-order chi connectivity index (χ0) is 21.7. The quantitative estimate of drug-likeness (QED) is 0.426. The van der Waals surface area contributed by atoms with Crippen LogP contribution in [0.1, 0.15) is 21.7 Å². The number of carbonyl (C=O) groups excluding carboxylic acids is 2. The van der Waals surface area contributed by atoms with Gasteiger partial charge in [0.1, 0.15) is 0 Å². The number of carbonyl (C=O) groups is 2. The fourth-order valence-electron chi connectivity index (χ4n) is 2.58. The summed E-state index contributed by atoms with van der Waals surface area (Å²) in [7, 11) is 1.80. The molecule has 0 radical (unpaired) electrons. The number of thioether (sulfide) groups is 1. The number of amides is 2. The summed E-state index contributed by atoms with van der Waals surface area (Å²) in [6.45, 7) is 2.18. The fourth-order valence-corrected chi connectivity index (χ4v) is 4.02. The molecule has 0 aliphatic carbocycles. The molecule has 0 aliphatic heterocycles. The minimum atomic E-state index is -0.171. The third kappa shape index (κ3) is 5.93. The lowest BCUT2D eigenvalue weighted by atomic mass is 10.1. The van der Waals surface area contributed by atoms with E-state index in [9.17, 15) is 9.59 Å². The summed E-state index contributed by atoms with van der Waals surface area (Å²) in [4.78, 5) is 24.6. The summed E-state index contributed by atoms with van der Waals surface area (Å²) in [5.74, 6) is 0.459. The molecule has 0 saturated heterocycles. The van der Waals surface area contributed by atoms with Crippen molar-refractivity contribution in [2.24, 2.45) is 7.05 Å². The average Bonchev–Trinajstić information content (AvgIpc) is 3.07. The molecule has 3 aromatic rings. The second-order valence-corrected chi connectivity index (χ2v) is 9.18. The first-order valence-electron chi connectivity index (χ1n) is 8.94. The normalized spacial score (nSPS) is 10.7. The second kappa shape index (κ2) is 10.2. The van der Waals surface area contributed by atoms with E-state index in [0.717, 1.165) is 14.5 Å². The minimum Gasteiger partial charge on any atom is -0.345 e. The summed E-state index contributed by atoms with van der Waals surface area (Å²) in [6.07, 6.45) is 0. The topological polar surface area (TPSA) is 88.9 Å². The van der Waals surface area contributed by atoms with E-state index in [1.54, 1.807) is 17.7 Å². The molecule has 1 heterocycles. The van der Waals surface area contributed by atoms with Crippen molar-refractivity contribution in [3.05, 3.63) is 68.4 Å². The molecule has 7 nitrogen and oxygen atoms in total. The first-order valence-corrected chi connectivity index (χ1v) is 11.5. The molecule has 1 aromatic heterocycles. The average molecular weight is 553 g/mol. The Morgan fingerprint density at radius 1 is 1.13 bits per heavy atom. The van der Waals surface area contributed by atoms with Crippen LogP contribution in [0.2, 0.25) is 0 Å². The van der Waals surface area contributed by atoms with Gasteiger partial charge in [-0.3, -0.25) is 9.59 Å². The second-order valence-electron chi connectivity index (χ2n) is 6.47. The molecule has 156 valence electrons. The van der Waals surface area contributed by atoms with E-state index in [2.05, 4.69) is 52.7 Å². The van der Waals surface area contributed by atoms with Crippen molar-refractivity contribution in [3.63, 3.8) is 0 Å². The maximum Gasteiger partial charge on any atom is 0.251 e. The molecule has 0 spiro atoms. The Balaban J connectivity index is 1.54. The van der Waals surface area contributed by atoms with E-state index in [1.807, 2.05) is 43.3 Å². The van der Waals surface area contributed by atoms with Crippen molar-refractivity contribution in [2.45, 2.75) is 18.6 Å². The Morgan fingerprint density at radius 2 is 1.93 bits per heavy atom. The number of rotatable bonds is 7. The van der Waals surface area contributed by atoms with Crippen molar-refractivity contribution >= 4 is 61.1 Å². The van der Waals surface area contributed by atoms with Gasteiger partial charge in [-0.25, -0.2) is 0 Å². The number of halogens is 2. The van der Waals surface area contributed by atoms with Crippen LogP contribution in [0, 0.1) is 6.92 Å². The monoisotopic (exact) mass is 551 g/mol. The zero-order valence-electron chi connectivity index (χ0n) is 16.3. The highest BCUT2D eigenvalue weighted by atomic mass is 79.9. The van der Waals surface area contributed by atoms with Crippen LogP contribution in [0.5, 0.6) is 0 Å². The molecule has 3 rings (SSSR count). The molecule has 0 saturated carbocycles. The Labute approximate surface area is 195 Å². The van der Waals surface area contributed by atoms with Gasteiger partial charge in [0.25, 0.3) is 5.91 Å². The van der Waals surface area contributed by atoms with Gasteiger partial charge in [-0.15, -0.1) is 10.2 Å². The Bertz CT molecular complexity index is 1090. The molecule has 10 heteroatoms. The molecular formula is C20H19Br2N5O2S. The van der Waals surface area contributed by atoms with Crippen molar-refractivity contribution in [1.82, 2.24) is 20.1 Å².